The summed E-state index contributed by atoms with van der Waals surface area (Å²) in [6.07, 6.45) is 0.488. The number of aromatic nitrogens is 2. The van der Waals surface area contributed by atoms with E-state index in [1.165, 1.54) is 5.56 Å². The lowest BCUT2D eigenvalue weighted by atomic mass is 10.0. The maximum atomic E-state index is 11.8. The van der Waals surface area contributed by atoms with Crippen LogP contribution >= 0.6 is 0 Å². The molecule has 0 saturated carbocycles. The molecule has 0 radical (unpaired) electrons. The predicted molar refractivity (Wildman–Crippen MR) is 62.4 cm³/mol. The Morgan fingerprint density at radius 3 is 2.62 bits per heavy atom. The molecule has 2 heterocycles. The summed E-state index contributed by atoms with van der Waals surface area (Å²) in [5.41, 5.74) is 3.42. The fourth-order valence-corrected chi connectivity index (χ4v) is 2.21. The van der Waals surface area contributed by atoms with E-state index < -0.39 is 0 Å². The molecule has 1 aliphatic rings. The van der Waals surface area contributed by atoms with Crippen molar-refractivity contribution in [3.05, 3.63) is 17.0 Å². The Balaban J connectivity index is 2.42. The van der Waals surface area contributed by atoms with Crippen molar-refractivity contribution in [2.75, 3.05) is 13.6 Å². The first-order chi connectivity index (χ1) is 7.50. The van der Waals surface area contributed by atoms with Gasteiger partial charge in [-0.3, -0.25) is 9.48 Å². The largest absolute Gasteiger partial charge is 0.344 e. The van der Waals surface area contributed by atoms with E-state index in [1.807, 2.05) is 11.7 Å². The maximum absolute atomic E-state index is 11.8. The highest BCUT2D eigenvalue weighted by atomic mass is 16.2. The van der Waals surface area contributed by atoms with Crippen LogP contribution in [0.25, 0.3) is 0 Å². The van der Waals surface area contributed by atoms with Gasteiger partial charge in [0, 0.05) is 13.6 Å². The van der Waals surface area contributed by atoms with Crippen LogP contribution in [-0.2, 0) is 17.8 Å². The van der Waals surface area contributed by atoms with E-state index in [0.29, 0.717) is 12.3 Å². The number of fused-ring (bicyclic) bond motifs is 1. The minimum absolute atomic E-state index is 0.192. The highest BCUT2D eigenvalue weighted by Gasteiger charge is 2.23. The molecule has 0 aliphatic carbocycles. The van der Waals surface area contributed by atoms with E-state index in [0.717, 1.165) is 24.5 Å². The van der Waals surface area contributed by atoms with Gasteiger partial charge < -0.3 is 4.90 Å². The molecule has 0 N–H and O–H groups in total. The van der Waals surface area contributed by atoms with Gasteiger partial charge in [0.05, 0.1) is 24.4 Å². The Bertz CT molecular complexity index is 420. The number of amides is 1. The summed E-state index contributed by atoms with van der Waals surface area (Å²) in [5.74, 6) is 0.615. The van der Waals surface area contributed by atoms with Crippen molar-refractivity contribution in [1.82, 2.24) is 14.7 Å². The summed E-state index contributed by atoms with van der Waals surface area (Å²) in [4.78, 5) is 13.6. The van der Waals surface area contributed by atoms with Gasteiger partial charge in [-0.05, 0) is 18.4 Å². The molecule has 0 aromatic carbocycles. The zero-order chi connectivity index (χ0) is 11.9. The zero-order valence-corrected chi connectivity index (χ0v) is 10.4. The van der Waals surface area contributed by atoms with E-state index in [4.69, 9.17) is 0 Å². The lowest BCUT2D eigenvalue weighted by Gasteiger charge is -2.12. The third-order valence-corrected chi connectivity index (χ3v) is 3.30. The highest BCUT2D eigenvalue weighted by molar-refractivity contribution is 5.78. The zero-order valence-electron chi connectivity index (χ0n) is 10.4. The van der Waals surface area contributed by atoms with Crippen LogP contribution in [0.2, 0.25) is 0 Å². The van der Waals surface area contributed by atoms with E-state index in [2.05, 4.69) is 25.9 Å². The molecule has 4 nitrogen and oxygen atoms in total. The number of nitrogens with zero attached hydrogens (tertiary/aromatic N) is 3. The molecule has 1 aliphatic heterocycles. The monoisotopic (exact) mass is 221 g/mol. The normalized spacial score (nSPS) is 16.6. The molecule has 2 rings (SSSR count). The van der Waals surface area contributed by atoms with Crippen LogP contribution < -0.4 is 0 Å². The van der Waals surface area contributed by atoms with Gasteiger partial charge in [0.2, 0.25) is 5.91 Å². The van der Waals surface area contributed by atoms with E-state index in [1.54, 1.807) is 4.90 Å². The van der Waals surface area contributed by atoms with Gasteiger partial charge in [0.25, 0.3) is 0 Å². The van der Waals surface area contributed by atoms with Crippen molar-refractivity contribution in [3.8, 4) is 0 Å². The van der Waals surface area contributed by atoms with Crippen LogP contribution in [0.5, 0.6) is 0 Å². The first-order valence-corrected chi connectivity index (χ1v) is 5.81. The quantitative estimate of drug-likeness (QED) is 0.717. The summed E-state index contributed by atoms with van der Waals surface area (Å²) < 4.78 is 2.01. The van der Waals surface area contributed by atoms with Crippen molar-refractivity contribution in [2.45, 2.75) is 39.7 Å². The highest BCUT2D eigenvalue weighted by Crippen LogP contribution is 2.23. The second kappa shape index (κ2) is 3.92. The standard InChI is InChI=1S/C12H19N3O/c1-8(2)12-9(3)10-7-11(16)14(4)5-6-15(10)13-12/h8H,5-7H2,1-4H3. The third kappa shape index (κ3) is 1.72. The lowest BCUT2D eigenvalue weighted by molar-refractivity contribution is -0.128. The molecule has 1 aromatic heterocycles. The van der Waals surface area contributed by atoms with Gasteiger partial charge in [-0.25, -0.2) is 0 Å². The average Bonchev–Trinajstić information content (AvgIpc) is 2.45. The summed E-state index contributed by atoms with van der Waals surface area (Å²) in [6.45, 7) is 7.93. The molecular formula is C12H19N3O. The molecule has 0 fully saturated rings. The molecule has 0 spiro atoms. The van der Waals surface area contributed by atoms with Crippen LogP contribution in [0.4, 0.5) is 0 Å². The van der Waals surface area contributed by atoms with Crippen molar-refractivity contribution in [3.63, 3.8) is 0 Å². The number of likely N-dealkylation sites (N-methyl/N-ethyl adjacent to an activating group) is 1. The second-order valence-corrected chi connectivity index (χ2v) is 4.83. The molecule has 16 heavy (non-hydrogen) atoms. The fourth-order valence-electron chi connectivity index (χ4n) is 2.21. The third-order valence-electron chi connectivity index (χ3n) is 3.30. The Morgan fingerprint density at radius 2 is 2.00 bits per heavy atom. The van der Waals surface area contributed by atoms with E-state index >= 15 is 0 Å². The summed E-state index contributed by atoms with van der Waals surface area (Å²) in [7, 11) is 1.85. The first kappa shape index (κ1) is 11.2. The Hall–Kier alpha value is -1.32. The van der Waals surface area contributed by atoms with Gasteiger partial charge in [0.15, 0.2) is 0 Å². The van der Waals surface area contributed by atoms with Gasteiger partial charge in [-0.15, -0.1) is 0 Å². The number of rotatable bonds is 1. The maximum Gasteiger partial charge on any atom is 0.228 e. The molecule has 0 bridgehead atoms. The molecular weight excluding hydrogens is 202 g/mol. The van der Waals surface area contributed by atoms with Gasteiger partial charge >= 0.3 is 0 Å². The van der Waals surface area contributed by atoms with E-state index in [-0.39, 0.29) is 5.91 Å². The van der Waals surface area contributed by atoms with Crippen LogP contribution in [0.3, 0.4) is 0 Å². The van der Waals surface area contributed by atoms with Gasteiger partial charge in [-0.1, -0.05) is 13.8 Å². The number of carbonyl (C=O) groups is 1. The minimum atomic E-state index is 0.192. The SMILES string of the molecule is Cc1c(C(C)C)nn2c1CC(=O)N(C)CC2. The smallest absolute Gasteiger partial charge is 0.228 e. The number of hydrogen-bond donors (Lipinski definition) is 0. The molecule has 0 atom stereocenters. The number of hydrogen-bond acceptors (Lipinski definition) is 2. The molecule has 88 valence electrons. The van der Waals surface area contributed by atoms with Crippen molar-refractivity contribution >= 4 is 5.91 Å². The summed E-state index contributed by atoms with van der Waals surface area (Å²) >= 11 is 0. The molecule has 0 saturated heterocycles. The molecule has 1 aromatic rings. The molecule has 0 unspecified atom stereocenters. The Morgan fingerprint density at radius 1 is 1.31 bits per heavy atom. The Kier molecular flexibility index (Phi) is 2.74. The minimum Gasteiger partial charge on any atom is -0.344 e. The van der Waals surface area contributed by atoms with Gasteiger partial charge in [-0.2, -0.15) is 5.10 Å². The summed E-state index contributed by atoms with van der Waals surface area (Å²) in [6, 6.07) is 0. The van der Waals surface area contributed by atoms with E-state index in [9.17, 15) is 4.79 Å². The predicted octanol–water partition coefficient (Wildman–Crippen LogP) is 1.33. The van der Waals surface area contributed by atoms with Crippen LogP contribution in [0.1, 0.15) is 36.7 Å². The fraction of sp³-hybridized carbons (Fsp3) is 0.667. The van der Waals surface area contributed by atoms with Crippen molar-refractivity contribution < 1.29 is 4.79 Å². The van der Waals surface area contributed by atoms with Crippen molar-refractivity contribution in [2.24, 2.45) is 0 Å². The first-order valence-electron chi connectivity index (χ1n) is 5.81. The average molecular weight is 221 g/mol. The number of carbonyl (C=O) groups excluding carboxylic acids is 1. The van der Waals surface area contributed by atoms with Crippen LogP contribution in [0.15, 0.2) is 0 Å². The molecule has 4 heteroatoms. The van der Waals surface area contributed by atoms with Gasteiger partial charge in [0.1, 0.15) is 0 Å². The van der Waals surface area contributed by atoms with Crippen LogP contribution in [-0.4, -0.2) is 34.2 Å². The summed E-state index contributed by atoms with van der Waals surface area (Å²) in [5, 5.41) is 4.62. The molecule has 1 amide bonds. The lowest BCUT2D eigenvalue weighted by Crippen LogP contribution is -2.28. The Labute approximate surface area is 96.2 Å². The van der Waals surface area contributed by atoms with Crippen molar-refractivity contribution in [1.29, 1.82) is 0 Å². The second-order valence-electron chi connectivity index (χ2n) is 4.83. The topological polar surface area (TPSA) is 38.1 Å². The van der Waals surface area contributed by atoms with Crippen LogP contribution in [0, 0.1) is 6.92 Å².